The molecule has 0 aromatic heterocycles. The number of aryl methyl sites for hydroxylation is 1. The molecule has 3 heteroatoms. The first-order valence-electron chi connectivity index (χ1n) is 10.1. The van der Waals surface area contributed by atoms with E-state index in [4.69, 9.17) is 11.6 Å². The Bertz CT molecular complexity index is 1200. The summed E-state index contributed by atoms with van der Waals surface area (Å²) in [5.41, 5.74) is 6.50. The van der Waals surface area contributed by atoms with Gasteiger partial charge in [0.15, 0.2) is 5.78 Å². The van der Waals surface area contributed by atoms with Crippen LogP contribution in [0, 0.1) is 12.3 Å². The quantitative estimate of drug-likeness (QED) is 0.470. The molecule has 1 heterocycles. The number of ketones is 1. The van der Waals surface area contributed by atoms with Crippen LogP contribution >= 0.6 is 11.6 Å². The molecule has 0 amide bonds. The zero-order valence-corrected chi connectivity index (χ0v) is 17.7. The number of rotatable bonds is 1. The third-order valence-electron chi connectivity index (χ3n) is 6.25. The van der Waals surface area contributed by atoms with E-state index < -0.39 is 0 Å². The lowest BCUT2D eigenvalue weighted by Crippen LogP contribution is -2.33. The third-order valence-corrected chi connectivity index (χ3v) is 6.68. The Morgan fingerprint density at radius 2 is 1.83 bits per heavy atom. The number of halogens is 1. The summed E-state index contributed by atoms with van der Waals surface area (Å²) in [5.74, 6) is 0.250. The van der Waals surface area contributed by atoms with Crippen LogP contribution in [0.25, 0.3) is 16.3 Å². The van der Waals surface area contributed by atoms with Crippen LogP contribution in [-0.2, 0) is 4.79 Å². The van der Waals surface area contributed by atoms with Gasteiger partial charge in [-0.3, -0.25) is 4.79 Å². The van der Waals surface area contributed by atoms with Crippen molar-refractivity contribution in [3.05, 3.63) is 81.9 Å². The largest absolute Gasteiger partial charge is 0.373 e. The van der Waals surface area contributed by atoms with E-state index in [1.807, 2.05) is 19.1 Å². The van der Waals surface area contributed by atoms with Crippen LogP contribution in [0.5, 0.6) is 0 Å². The number of allylic oxidation sites excluding steroid dienone is 1. The van der Waals surface area contributed by atoms with E-state index in [-0.39, 0.29) is 17.2 Å². The van der Waals surface area contributed by atoms with Crippen molar-refractivity contribution >= 4 is 39.4 Å². The number of hydrogen-bond donors (Lipinski definition) is 1. The number of carbonyl (C=O) groups excluding carboxylic acids is 1. The van der Waals surface area contributed by atoms with Crippen LogP contribution < -0.4 is 5.32 Å². The molecule has 0 spiro atoms. The van der Waals surface area contributed by atoms with E-state index in [1.54, 1.807) is 0 Å². The lowest BCUT2D eigenvalue weighted by Gasteiger charge is -2.40. The summed E-state index contributed by atoms with van der Waals surface area (Å²) in [4.78, 5) is 13.4. The predicted molar refractivity (Wildman–Crippen MR) is 121 cm³/mol. The van der Waals surface area contributed by atoms with Gasteiger partial charge in [-0.2, -0.15) is 0 Å². The minimum atomic E-state index is -0.141. The number of benzene rings is 3. The Kier molecular flexibility index (Phi) is 4.11. The van der Waals surface area contributed by atoms with Crippen molar-refractivity contribution in [3.8, 4) is 0 Å². The van der Waals surface area contributed by atoms with Crippen LogP contribution in [0.2, 0.25) is 5.02 Å². The normalized spacial score (nSPS) is 20.3. The molecular formula is C26H24ClNO. The standard InChI is InChI=1S/C26H24ClNO/c1-15-12-17(8-10-20(15)27)25-24-19(13-26(2,3)14-22(24)29)23-18-7-5-4-6-16(18)9-11-21(23)28-25/h4-12,25,28H,13-14H2,1-3H3. The molecule has 5 rings (SSSR count). The molecule has 1 N–H and O–H groups in total. The van der Waals surface area contributed by atoms with Gasteiger partial charge < -0.3 is 5.32 Å². The Morgan fingerprint density at radius 3 is 2.62 bits per heavy atom. The van der Waals surface area contributed by atoms with Crippen molar-refractivity contribution in [2.45, 2.75) is 39.7 Å². The van der Waals surface area contributed by atoms with Gasteiger partial charge in [0, 0.05) is 28.3 Å². The first-order chi connectivity index (χ1) is 13.8. The van der Waals surface area contributed by atoms with Gasteiger partial charge >= 0.3 is 0 Å². The Balaban J connectivity index is 1.80. The first-order valence-corrected chi connectivity index (χ1v) is 10.5. The molecule has 1 atom stereocenters. The van der Waals surface area contributed by atoms with Crippen LogP contribution in [0.3, 0.4) is 0 Å². The zero-order valence-electron chi connectivity index (χ0n) is 17.0. The fraction of sp³-hybridized carbons (Fsp3) is 0.269. The molecule has 0 saturated heterocycles. The van der Waals surface area contributed by atoms with Crippen molar-refractivity contribution in [1.29, 1.82) is 0 Å². The molecule has 0 radical (unpaired) electrons. The number of fused-ring (bicyclic) bond motifs is 4. The van der Waals surface area contributed by atoms with Crippen molar-refractivity contribution < 1.29 is 4.79 Å². The monoisotopic (exact) mass is 401 g/mol. The maximum Gasteiger partial charge on any atom is 0.162 e. The highest BCUT2D eigenvalue weighted by molar-refractivity contribution is 6.31. The van der Waals surface area contributed by atoms with Gasteiger partial charge in [-0.1, -0.05) is 67.9 Å². The molecule has 0 bridgehead atoms. The summed E-state index contributed by atoms with van der Waals surface area (Å²) in [7, 11) is 0. The average Bonchev–Trinajstić information content (AvgIpc) is 2.68. The average molecular weight is 402 g/mol. The fourth-order valence-corrected chi connectivity index (χ4v) is 5.05. The van der Waals surface area contributed by atoms with Crippen LogP contribution in [0.1, 0.15) is 49.4 Å². The zero-order chi connectivity index (χ0) is 20.3. The van der Waals surface area contributed by atoms with Crippen molar-refractivity contribution in [2.75, 3.05) is 5.32 Å². The highest BCUT2D eigenvalue weighted by Crippen LogP contribution is 2.52. The number of carbonyl (C=O) groups is 1. The molecule has 146 valence electrons. The second kappa shape index (κ2) is 6.47. The van der Waals surface area contributed by atoms with Crippen LogP contribution in [-0.4, -0.2) is 5.78 Å². The molecular weight excluding hydrogens is 378 g/mol. The molecule has 0 fully saturated rings. The van der Waals surface area contributed by atoms with Gasteiger partial charge in [-0.25, -0.2) is 0 Å². The molecule has 29 heavy (non-hydrogen) atoms. The minimum absolute atomic E-state index is 0.0397. The fourth-order valence-electron chi connectivity index (χ4n) is 4.93. The number of Topliss-reactive ketones (excluding diaryl/α,β-unsaturated/α-hetero) is 1. The van der Waals surface area contributed by atoms with Gasteiger partial charge in [0.05, 0.1) is 6.04 Å². The van der Waals surface area contributed by atoms with Crippen molar-refractivity contribution in [2.24, 2.45) is 5.41 Å². The van der Waals surface area contributed by atoms with Gasteiger partial charge in [0.2, 0.25) is 0 Å². The summed E-state index contributed by atoms with van der Waals surface area (Å²) in [6.45, 7) is 6.41. The highest BCUT2D eigenvalue weighted by atomic mass is 35.5. The van der Waals surface area contributed by atoms with Gasteiger partial charge in [0.25, 0.3) is 0 Å². The molecule has 2 aliphatic rings. The van der Waals surface area contributed by atoms with E-state index in [2.05, 4.69) is 61.6 Å². The van der Waals surface area contributed by atoms with E-state index in [9.17, 15) is 4.79 Å². The third kappa shape index (κ3) is 2.98. The summed E-state index contributed by atoms with van der Waals surface area (Å²) in [6.07, 6.45) is 1.48. The summed E-state index contributed by atoms with van der Waals surface area (Å²) in [6, 6.07) is 18.7. The molecule has 1 aliphatic carbocycles. The predicted octanol–water partition coefficient (Wildman–Crippen LogP) is 7.11. The summed E-state index contributed by atoms with van der Waals surface area (Å²) >= 11 is 6.27. The van der Waals surface area contributed by atoms with Crippen LogP contribution in [0.4, 0.5) is 5.69 Å². The van der Waals surface area contributed by atoms with Gasteiger partial charge in [-0.15, -0.1) is 0 Å². The lowest BCUT2D eigenvalue weighted by molar-refractivity contribution is -0.118. The Hall–Kier alpha value is -2.58. The number of nitrogens with one attached hydrogen (secondary N) is 1. The van der Waals surface area contributed by atoms with Gasteiger partial charge in [0.1, 0.15) is 0 Å². The maximum atomic E-state index is 13.4. The Morgan fingerprint density at radius 1 is 1.03 bits per heavy atom. The molecule has 0 saturated carbocycles. The van der Waals surface area contributed by atoms with Crippen molar-refractivity contribution in [1.82, 2.24) is 0 Å². The molecule has 2 nitrogen and oxygen atoms in total. The lowest BCUT2D eigenvalue weighted by atomic mass is 9.68. The van der Waals surface area contributed by atoms with Gasteiger partial charge in [-0.05, 0) is 58.4 Å². The van der Waals surface area contributed by atoms with E-state index in [0.717, 1.165) is 33.8 Å². The summed E-state index contributed by atoms with van der Waals surface area (Å²) < 4.78 is 0. The van der Waals surface area contributed by atoms with Crippen molar-refractivity contribution in [3.63, 3.8) is 0 Å². The molecule has 3 aromatic rings. The summed E-state index contributed by atoms with van der Waals surface area (Å²) in [5, 5.41) is 6.85. The topological polar surface area (TPSA) is 29.1 Å². The second-order valence-electron chi connectivity index (χ2n) is 9.13. The van der Waals surface area contributed by atoms with E-state index >= 15 is 0 Å². The Labute approximate surface area is 176 Å². The van der Waals surface area contributed by atoms with Crippen LogP contribution in [0.15, 0.2) is 60.2 Å². The SMILES string of the molecule is Cc1cc(C2Nc3ccc4ccccc4c3C3=C2C(=O)CC(C)(C)C3)ccc1Cl. The maximum absolute atomic E-state index is 13.4. The number of anilines is 1. The highest BCUT2D eigenvalue weighted by Gasteiger charge is 2.40. The van der Waals surface area contributed by atoms with E-state index in [0.29, 0.717) is 6.42 Å². The molecule has 1 aliphatic heterocycles. The second-order valence-corrected chi connectivity index (χ2v) is 9.54. The first kappa shape index (κ1) is 18.4. The molecule has 1 unspecified atom stereocenters. The number of hydrogen-bond acceptors (Lipinski definition) is 2. The van der Waals surface area contributed by atoms with E-state index in [1.165, 1.54) is 21.9 Å². The minimum Gasteiger partial charge on any atom is -0.373 e. The molecule has 3 aromatic carbocycles. The smallest absolute Gasteiger partial charge is 0.162 e.